The van der Waals surface area contributed by atoms with Crippen molar-refractivity contribution in [3.05, 3.63) is 28.8 Å². The highest BCUT2D eigenvalue weighted by molar-refractivity contribution is 6.30. The van der Waals surface area contributed by atoms with Crippen LogP contribution in [0.2, 0.25) is 5.02 Å². The first-order valence-electron chi connectivity index (χ1n) is 6.89. The molecule has 0 aliphatic carbocycles. The van der Waals surface area contributed by atoms with Crippen LogP contribution in [0.5, 0.6) is 0 Å². The summed E-state index contributed by atoms with van der Waals surface area (Å²) in [5.74, 6) is 0. The fourth-order valence-electron chi connectivity index (χ4n) is 2.54. The van der Waals surface area contributed by atoms with Crippen molar-refractivity contribution in [2.24, 2.45) is 5.73 Å². The van der Waals surface area contributed by atoms with Gasteiger partial charge in [0.25, 0.3) is 0 Å². The Morgan fingerprint density at radius 3 is 2.53 bits per heavy atom. The highest BCUT2D eigenvalue weighted by Crippen LogP contribution is 2.26. The van der Waals surface area contributed by atoms with Crippen molar-refractivity contribution < 1.29 is 0 Å². The first-order chi connectivity index (χ1) is 8.99. The quantitative estimate of drug-likeness (QED) is 0.835. The molecule has 2 N–H and O–H groups in total. The molecule has 108 valence electrons. The molecule has 0 aliphatic rings. The molecule has 4 heteroatoms. The Hall–Kier alpha value is -0.770. The van der Waals surface area contributed by atoms with Crippen LogP contribution in [0.4, 0.5) is 5.69 Å². The standard InChI is InChI=1S/C15H26ClN3/c1-5-19(12(2)11-18(3)4)15-7-6-14(16)10-13(15)8-9-17/h6-7,10,12H,5,8-9,11,17H2,1-4H3. The van der Waals surface area contributed by atoms with E-state index in [0.717, 1.165) is 24.5 Å². The summed E-state index contributed by atoms with van der Waals surface area (Å²) in [6.07, 6.45) is 0.862. The molecule has 19 heavy (non-hydrogen) atoms. The maximum atomic E-state index is 6.10. The van der Waals surface area contributed by atoms with Crippen molar-refractivity contribution in [3.8, 4) is 0 Å². The molecule has 0 aliphatic heterocycles. The van der Waals surface area contributed by atoms with Gasteiger partial charge >= 0.3 is 0 Å². The maximum Gasteiger partial charge on any atom is 0.0410 e. The summed E-state index contributed by atoms with van der Waals surface area (Å²) in [7, 11) is 4.21. The second kappa shape index (κ2) is 7.73. The van der Waals surface area contributed by atoms with Crippen molar-refractivity contribution >= 4 is 17.3 Å². The highest BCUT2D eigenvalue weighted by Gasteiger charge is 2.16. The van der Waals surface area contributed by atoms with E-state index < -0.39 is 0 Å². The summed E-state index contributed by atoms with van der Waals surface area (Å²) < 4.78 is 0. The van der Waals surface area contributed by atoms with E-state index in [1.54, 1.807) is 0 Å². The number of nitrogens with zero attached hydrogens (tertiary/aromatic N) is 2. The molecule has 0 fully saturated rings. The van der Waals surface area contributed by atoms with Crippen LogP contribution in [0, 0.1) is 0 Å². The number of benzene rings is 1. The Labute approximate surface area is 122 Å². The third kappa shape index (κ3) is 4.68. The summed E-state index contributed by atoms with van der Waals surface area (Å²) in [4.78, 5) is 4.63. The lowest BCUT2D eigenvalue weighted by atomic mass is 10.1. The number of hydrogen-bond donors (Lipinski definition) is 1. The summed E-state index contributed by atoms with van der Waals surface area (Å²) in [6.45, 7) is 7.09. The van der Waals surface area contributed by atoms with Gasteiger partial charge in [0, 0.05) is 29.8 Å². The molecular formula is C15H26ClN3. The Balaban J connectivity index is 3.02. The molecule has 0 heterocycles. The zero-order valence-corrected chi connectivity index (χ0v) is 13.2. The van der Waals surface area contributed by atoms with E-state index in [1.165, 1.54) is 11.3 Å². The molecule has 1 aromatic carbocycles. The second-order valence-electron chi connectivity index (χ2n) is 5.21. The van der Waals surface area contributed by atoms with Gasteiger partial charge in [-0.2, -0.15) is 0 Å². The fourth-order valence-corrected chi connectivity index (χ4v) is 2.73. The zero-order valence-electron chi connectivity index (χ0n) is 12.5. The molecule has 0 amide bonds. The lowest BCUT2D eigenvalue weighted by Crippen LogP contribution is -2.40. The van der Waals surface area contributed by atoms with Gasteiger partial charge < -0.3 is 15.5 Å². The zero-order chi connectivity index (χ0) is 14.4. The number of likely N-dealkylation sites (N-methyl/N-ethyl adjacent to an activating group) is 2. The molecule has 3 nitrogen and oxygen atoms in total. The van der Waals surface area contributed by atoms with Crippen LogP contribution >= 0.6 is 11.6 Å². The molecule has 0 radical (unpaired) electrons. The van der Waals surface area contributed by atoms with Crippen molar-refractivity contribution in [2.45, 2.75) is 26.3 Å². The van der Waals surface area contributed by atoms with Crippen LogP contribution in [0.25, 0.3) is 0 Å². The highest BCUT2D eigenvalue weighted by atomic mass is 35.5. The number of hydrogen-bond acceptors (Lipinski definition) is 3. The second-order valence-corrected chi connectivity index (χ2v) is 5.65. The van der Waals surface area contributed by atoms with Crippen LogP contribution < -0.4 is 10.6 Å². The maximum absolute atomic E-state index is 6.10. The molecule has 0 spiro atoms. The lowest BCUT2D eigenvalue weighted by Gasteiger charge is -2.33. The van der Waals surface area contributed by atoms with E-state index in [9.17, 15) is 0 Å². The minimum absolute atomic E-state index is 0.456. The van der Waals surface area contributed by atoms with Crippen LogP contribution in [-0.2, 0) is 6.42 Å². The summed E-state index contributed by atoms with van der Waals surface area (Å²) in [5, 5.41) is 0.781. The molecular weight excluding hydrogens is 258 g/mol. The van der Waals surface area contributed by atoms with Crippen molar-refractivity contribution in [2.75, 3.05) is 38.6 Å². The van der Waals surface area contributed by atoms with Gasteiger partial charge in [0.05, 0.1) is 0 Å². The van der Waals surface area contributed by atoms with E-state index in [1.807, 2.05) is 12.1 Å². The number of rotatable bonds is 7. The van der Waals surface area contributed by atoms with Crippen LogP contribution in [0.1, 0.15) is 19.4 Å². The van der Waals surface area contributed by atoms with Crippen molar-refractivity contribution in [1.29, 1.82) is 0 Å². The van der Waals surface area contributed by atoms with Crippen LogP contribution in [0.3, 0.4) is 0 Å². The topological polar surface area (TPSA) is 32.5 Å². The SMILES string of the molecule is CCN(c1ccc(Cl)cc1CCN)C(C)CN(C)C. The fraction of sp³-hybridized carbons (Fsp3) is 0.600. The van der Waals surface area contributed by atoms with Crippen LogP contribution in [-0.4, -0.2) is 44.7 Å². The predicted octanol–water partition coefficient (Wildman–Crippen LogP) is 2.62. The van der Waals surface area contributed by atoms with Gasteiger partial charge in [-0.15, -0.1) is 0 Å². The van der Waals surface area contributed by atoms with Gasteiger partial charge in [-0.25, -0.2) is 0 Å². The average molecular weight is 284 g/mol. The van der Waals surface area contributed by atoms with E-state index in [0.29, 0.717) is 12.6 Å². The first-order valence-corrected chi connectivity index (χ1v) is 7.27. The smallest absolute Gasteiger partial charge is 0.0410 e. The minimum atomic E-state index is 0.456. The van der Waals surface area contributed by atoms with E-state index in [4.69, 9.17) is 17.3 Å². The number of anilines is 1. The van der Waals surface area contributed by atoms with Gasteiger partial charge in [0.2, 0.25) is 0 Å². The predicted molar refractivity (Wildman–Crippen MR) is 85.2 cm³/mol. The van der Waals surface area contributed by atoms with Gasteiger partial charge in [0.15, 0.2) is 0 Å². The number of halogens is 1. The average Bonchev–Trinajstić information content (AvgIpc) is 2.32. The number of nitrogens with two attached hydrogens (primary N) is 1. The molecule has 0 saturated carbocycles. The monoisotopic (exact) mass is 283 g/mol. The van der Waals surface area contributed by atoms with E-state index in [-0.39, 0.29) is 0 Å². The Kier molecular flexibility index (Phi) is 6.63. The molecule has 0 saturated heterocycles. The minimum Gasteiger partial charge on any atom is -0.368 e. The summed E-state index contributed by atoms with van der Waals surface area (Å²) in [5.41, 5.74) is 8.20. The van der Waals surface area contributed by atoms with Gasteiger partial charge in [-0.3, -0.25) is 0 Å². The molecule has 1 rings (SSSR count). The van der Waals surface area contributed by atoms with Crippen molar-refractivity contribution in [3.63, 3.8) is 0 Å². The molecule has 1 aromatic rings. The third-order valence-corrected chi connectivity index (χ3v) is 3.50. The Morgan fingerprint density at radius 1 is 1.32 bits per heavy atom. The van der Waals surface area contributed by atoms with Gasteiger partial charge in [0.1, 0.15) is 0 Å². The molecule has 0 bridgehead atoms. The normalized spacial score (nSPS) is 12.8. The summed E-state index contributed by atoms with van der Waals surface area (Å²) in [6, 6.07) is 6.57. The van der Waals surface area contributed by atoms with Crippen LogP contribution in [0.15, 0.2) is 18.2 Å². The summed E-state index contributed by atoms with van der Waals surface area (Å²) >= 11 is 6.10. The van der Waals surface area contributed by atoms with Crippen molar-refractivity contribution in [1.82, 2.24) is 4.90 Å². The van der Waals surface area contributed by atoms with Gasteiger partial charge in [-0.1, -0.05) is 11.6 Å². The molecule has 1 unspecified atom stereocenters. The molecule has 1 atom stereocenters. The third-order valence-electron chi connectivity index (χ3n) is 3.27. The Bertz CT molecular complexity index is 393. The van der Waals surface area contributed by atoms with E-state index >= 15 is 0 Å². The van der Waals surface area contributed by atoms with E-state index in [2.05, 4.69) is 43.8 Å². The lowest BCUT2D eigenvalue weighted by molar-refractivity contribution is 0.372. The van der Waals surface area contributed by atoms with Gasteiger partial charge in [-0.05, 0) is 64.7 Å². The largest absolute Gasteiger partial charge is 0.368 e. The first kappa shape index (κ1) is 16.3. The molecule has 0 aromatic heterocycles. The Morgan fingerprint density at radius 2 is 2.00 bits per heavy atom.